The summed E-state index contributed by atoms with van der Waals surface area (Å²) in [7, 11) is 0. The number of rotatable bonds is 4. The second-order valence-electron chi connectivity index (χ2n) is 11.4. The number of carbonyl (C=O) groups excluding carboxylic acids is 1. The number of amides is 1. The largest absolute Gasteiger partial charge is 0.353 e. The Hall–Kier alpha value is -1.02. The average Bonchev–Trinajstić information content (AvgIpc) is 3.06. The van der Waals surface area contributed by atoms with E-state index < -0.39 is 0 Å². The molecule has 1 saturated heterocycles. The van der Waals surface area contributed by atoms with Gasteiger partial charge in [-0.1, -0.05) is 37.6 Å². The first kappa shape index (κ1) is 20.9. The van der Waals surface area contributed by atoms with Crippen LogP contribution in [-0.4, -0.2) is 11.9 Å². The van der Waals surface area contributed by atoms with E-state index in [0.717, 1.165) is 41.5 Å². The highest BCUT2D eigenvalue weighted by Gasteiger charge is 2.59. The molecule has 0 unspecified atom stereocenters. The van der Waals surface area contributed by atoms with E-state index in [1.54, 1.807) is 0 Å². The van der Waals surface area contributed by atoms with Crippen molar-refractivity contribution >= 4 is 17.5 Å². The Morgan fingerprint density at radius 1 is 0.967 bits per heavy atom. The van der Waals surface area contributed by atoms with Crippen LogP contribution in [-0.2, 0) is 11.2 Å². The summed E-state index contributed by atoms with van der Waals surface area (Å²) in [6, 6.07) is 8.86. The van der Waals surface area contributed by atoms with Crippen molar-refractivity contribution in [3.8, 4) is 0 Å². The SMILES string of the molecule is C[C@]12CCC(=O)N[C@@H]1CC[C@@H]1[C@@H]2CC[C@]2(C)[C@@H](CCCc3ccc(Cl)cc3)CC[C@@H]12. The van der Waals surface area contributed by atoms with Crippen LogP contribution in [0.2, 0.25) is 5.02 Å². The summed E-state index contributed by atoms with van der Waals surface area (Å²) < 4.78 is 0. The molecule has 5 rings (SSSR count). The molecule has 7 atom stereocenters. The number of hydrogen-bond acceptors (Lipinski definition) is 1. The Balaban J connectivity index is 1.25. The zero-order valence-electron chi connectivity index (χ0n) is 18.8. The van der Waals surface area contributed by atoms with Gasteiger partial charge in [-0.05, 0) is 116 Å². The Kier molecular flexibility index (Phi) is 5.45. The van der Waals surface area contributed by atoms with Crippen molar-refractivity contribution in [2.75, 3.05) is 0 Å². The van der Waals surface area contributed by atoms with Crippen molar-refractivity contribution in [1.82, 2.24) is 5.32 Å². The fraction of sp³-hybridized carbons (Fsp3) is 0.741. The molecule has 1 heterocycles. The summed E-state index contributed by atoms with van der Waals surface area (Å²) >= 11 is 6.04. The molecule has 164 valence electrons. The van der Waals surface area contributed by atoms with Crippen LogP contribution in [0.25, 0.3) is 0 Å². The number of benzene rings is 1. The van der Waals surface area contributed by atoms with Gasteiger partial charge in [0.05, 0.1) is 0 Å². The number of piperidine rings is 1. The highest BCUT2D eigenvalue weighted by molar-refractivity contribution is 6.30. The molecule has 0 bridgehead atoms. The summed E-state index contributed by atoms with van der Waals surface area (Å²) in [5.74, 6) is 3.81. The molecule has 4 aliphatic rings. The van der Waals surface area contributed by atoms with Gasteiger partial charge in [0.1, 0.15) is 0 Å². The minimum absolute atomic E-state index is 0.290. The molecule has 1 aromatic rings. The van der Waals surface area contributed by atoms with Crippen molar-refractivity contribution in [3.05, 3.63) is 34.9 Å². The van der Waals surface area contributed by atoms with Crippen LogP contribution >= 0.6 is 11.6 Å². The highest BCUT2D eigenvalue weighted by Crippen LogP contribution is 2.66. The zero-order chi connectivity index (χ0) is 20.9. The molecule has 3 aliphatic carbocycles. The first-order chi connectivity index (χ1) is 14.4. The molecule has 30 heavy (non-hydrogen) atoms. The summed E-state index contributed by atoms with van der Waals surface area (Å²) in [4.78, 5) is 12.0. The first-order valence-electron chi connectivity index (χ1n) is 12.4. The molecule has 3 saturated carbocycles. The van der Waals surface area contributed by atoms with E-state index in [1.807, 2.05) is 12.1 Å². The maximum absolute atomic E-state index is 12.0. The van der Waals surface area contributed by atoms with Crippen molar-refractivity contribution in [3.63, 3.8) is 0 Å². The van der Waals surface area contributed by atoms with Gasteiger partial charge in [-0.15, -0.1) is 0 Å². The van der Waals surface area contributed by atoms with Gasteiger partial charge in [0, 0.05) is 17.5 Å². The van der Waals surface area contributed by atoms with E-state index in [1.165, 1.54) is 63.4 Å². The Morgan fingerprint density at radius 2 is 1.73 bits per heavy atom. The number of nitrogens with one attached hydrogen (secondary N) is 1. The summed E-state index contributed by atoms with van der Waals surface area (Å²) in [5.41, 5.74) is 2.31. The van der Waals surface area contributed by atoms with Crippen molar-refractivity contribution in [1.29, 1.82) is 0 Å². The van der Waals surface area contributed by atoms with Crippen LogP contribution in [0.5, 0.6) is 0 Å². The molecular formula is C27H38ClNO. The molecule has 0 radical (unpaired) electrons. The lowest BCUT2D eigenvalue weighted by molar-refractivity contribution is -0.136. The van der Waals surface area contributed by atoms with Gasteiger partial charge in [-0.2, -0.15) is 0 Å². The third kappa shape index (κ3) is 3.42. The smallest absolute Gasteiger partial charge is 0.220 e. The van der Waals surface area contributed by atoms with E-state index >= 15 is 0 Å². The van der Waals surface area contributed by atoms with E-state index in [-0.39, 0.29) is 5.91 Å². The Morgan fingerprint density at radius 3 is 2.53 bits per heavy atom. The van der Waals surface area contributed by atoms with Gasteiger partial charge in [0.15, 0.2) is 0 Å². The Bertz CT molecular complexity index is 791. The predicted octanol–water partition coefficient (Wildman–Crippen LogP) is 6.80. The predicted molar refractivity (Wildman–Crippen MR) is 123 cm³/mol. The number of aryl methyl sites for hydroxylation is 1. The second-order valence-corrected chi connectivity index (χ2v) is 11.9. The maximum Gasteiger partial charge on any atom is 0.220 e. The summed E-state index contributed by atoms with van der Waals surface area (Å²) in [5, 5.41) is 4.21. The molecule has 2 nitrogen and oxygen atoms in total. The minimum atomic E-state index is 0.290. The van der Waals surface area contributed by atoms with Crippen LogP contribution in [0.4, 0.5) is 0 Å². The summed E-state index contributed by atoms with van der Waals surface area (Å²) in [6.45, 7) is 5.15. The van der Waals surface area contributed by atoms with Gasteiger partial charge in [-0.3, -0.25) is 4.79 Å². The normalized spacial score (nSPS) is 42.8. The van der Waals surface area contributed by atoms with Gasteiger partial charge >= 0.3 is 0 Å². The number of hydrogen-bond donors (Lipinski definition) is 1. The molecule has 0 aromatic heterocycles. The van der Waals surface area contributed by atoms with Crippen LogP contribution in [0, 0.1) is 34.5 Å². The quantitative estimate of drug-likeness (QED) is 0.562. The highest BCUT2D eigenvalue weighted by atomic mass is 35.5. The average molecular weight is 428 g/mol. The monoisotopic (exact) mass is 427 g/mol. The summed E-state index contributed by atoms with van der Waals surface area (Å²) in [6.07, 6.45) is 13.9. The van der Waals surface area contributed by atoms with Gasteiger partial charge in [0.25, 0.3) is 0 Å². The van der Waals surface area contributed by atoms with E-state index in [0.29, 0.717) is 16.9 Å². The van der Waals surface area contributed by atoms with Crippen LogP contribution in [0.3, 0.4) is 0 Å². The number of carbonyl (C=O) groups is 1. The van der Waals surface area contributed by atoms with Crippen molar-refractivity contribution < 1.29 is 4.79 Å². The lowest BCUT2D eigenvalue weighted by Gasteiger charge is -2.60. The van der Waals surface area contributed by atoms with Crippen molar-refractivity contribution in [2.24, 2.45) is 34.5 Å². The third-order valence-electron chi connectivity index (χ3n) is 10.2. The van der Waals surface area contributed by atoms with Crippen LogP contribution in [0.15, 0.2) is 24.3 Å². The molecule has 1 amide bonds. The third-order valence-corrected chi connectivity index (χ3v) is 10.5. The zero-order valence-corrected chi connectivity index (χ0v) is 19.5. The minimum Gasteiger partial charge on any atom is -0.353 e. The van der Waals surface area contributed by atoms with Gasteiger partial charge < -0.3 is 5.32 Å². The molecule has 1 aliphatic heterocycles. The molecule has 1 aromatic carbocycles. The van der Waals surface area contributed by atoms with E-state index in [9.17, 15) is 4.79 Å². The van der Waals surface area contributed by atoms with E-state index in [4.69, 9.17) is 11.6 Å². The molecule has 0 spiro atoms. The van der Waals surface area contributed by atoms with Gasteiger partial charge in [0.2, 0.25) is 5.91 Å². The molecule has 3 heteroatoms. The number of fused-ring (bicyclic) bond motifs is 5. The lowest BCUT2D eigenvalue weighted by atomic mass is 9.47. The standard InChI is InChI=1S/C27H38ClNO/c1-26-16-14-23-21(11-13-24-27(23,2)17-15-25(30)29-24)22(26)12-8-19(26)5-3-4-18-6-9-20(28)10-7-18/h6-7,9-10,19,21-24H,3-5,8,11-17H2,1-2H3,(H,29,30)/t19-,21-,22-,23-,24+,26+,27+/m0/s1. The maximum atomic E-state index is 12.0. The first-order valence-corrected chi connectivity index (χ1v) is 12.8. The van der Waals surface area contributed by atoms with Crippen LogP contribution in [0.1, 0.15) is 83.6 Å². The lowest BCUT2D eigenvalue weighted by Crippen LogP contribution is -2.61. The van der Waals surface area contributed by atoms with Crippen molar-refractivity contribution in [2.45, 2.75) is 90.5 Å². The fourth-order valence-corrected chi connectivity index (χ4v) is 8.61. The molecular weight excluding hydrogens is 390 g/mol. The Labute approximate surface area is 187 Å². The topological polar surface area (TPSA) is 29.1 Å². The second kappa shape index (κ2) is 7.84. The van der Waals surface area contributed by atoms with Crippen LogP contribution < -0.4 is 5.32 Å². The molecule has 1 N–H and O–H groups in total. The molecule has 4 fully saturated rings. The van der Waals surface area contributed by atoms with E-state index in [2.05, 4.69) is 31.3 Å². The number of halogens is 1. The van der Waals surface area contributed by atoms with Gasteiger partial charge in [-0.25, -0.2) is 0 Å². The fourth-order valence-electron chi connectivity index (χ4n) is 8.49.